The fourth-order valence-electron chi connectivity index (χ4n) is 1.54. The molecule has 1 fully saturated rings. The van der Waals surface area contributed by atoms with E-state index in [-0.39, 0.29) is 9.71 Å². The average molecular weight is 329 g/mol. The molecule has 0 bridgehead atoms. The third-order valence-corrected chi connectivity index (χ3v) is 3.05. The number of rotatable bonds is 4. The Balaban J connectivity index is 2.05. The first-order chi connectivity index (χ1) is 6.70. The van der Waals surface area contributed by atoms with Crippen molar-refractivity contribution in [2.24, 2.45) is 0 Å². The summed E-state index contributed by atoms with van der Waals surface area (Å²) < 4.78 is 4.65. The minimum Gasteiger partial charge on any atom is -0.464 e. The molecule has 0 aliphatic carbocycles. The number of halogens is 2. The Morgan fingerprint density at radius 1 is 1.50 bits per heavy atom. The Morgan fingerprint density at radius 3 is 2.86 bits per heavy atom. The van der Waals surface area contributed by atoms with E-state index in [0.717, 1.165) is 13.0 Å². The van der Waals surface area contributed by atoms with Crippen molar-refractivity contribution in [3.63, 3.8) is 0 Å². The summed E-state index contributed by atoms with van der Waals surface area (Å²) in [6.07, 6.45) is 4.66. The Hall–Kier alpha value is 0.390. The number of esters is 1. The van der Waals surface area contributed by atoms with Crippen LogP contribution in [-0.2, 0) is 9.53 Å². The largest absolute Gasteiger partial charge is 0.464 e. The molecule has 0 amide bonds. The minimum absolute atomic E-state index is 0.249. The van der Waals surface area contributed by atoms with Crippen LogP contribution in [-0.4, -0.2) is 28.9 Å². The molecule has 3 nitrogen and oxygen atoms in total. The summed E-state index contributed by atoms with van der Waals surface area (Å²) in [5.74, 6) is -0.249. The molecule has 1 unspecified atom stereocenters. The van der Waals surface area contributed by atoms with Crippen molar-refractivity contribution in [2.75, 3.05) is 13.2 Å². The van der Waals surface area contributed by atoms with Crippen LogP contribution < -0.4 is 5.32 Å². The van der Waals surface area contributed by atoms with E-state index < -0.39 is 0 Å². The van der Waals surface area contributed by atoms with Gasteiger partial charge < -0.3 is 10.1 Å². The first-order valence-electron chi connectivity index (χ1n) is 4.88. The maximum Gasteiger partial charge on any atom is 0.330 e. The van der Waals surface area contributed by atoms with Crippen molar-refractivity contribution in [1.82, 2.24) is 5.32 Å². The fraction of sp³-hybridized carbons (Fsp3) is 0.889. The molecule has 0 saturated carbocycles. The maximum atomic E-state index is 11.0. The van der Waals surface area contributed by atoms with E-state index in [1.807, 2.05) is 0 Å². The van der Waals surface area contributed by atoms with Gasteiger partial charge in [0, 0.05) is 6.04 Å². The average Bonchev–Trinajstić information content (AvgIpc) is 2.19. The van der Waals surface area contributed by atoms with E-state index in [2.05, 4.69) is 37.2 Å². The summed E-state index contributed by atoms with van der Waals surface area (Å²) in [6.45, 7) is 1.60. The molecule has 1 aliphatic heterocycles. The topological polar surface area (TPSA) is 38.3 Å². The molecule has 5 heteroatoms. The van der Waals surface area contributed by atoms with Crippen LogP contribution in [0.25, 0.3) is 0 Å². The number of carbonyl (C=O) groups is 1. The maximum absolute atomic E-state index is 11.0. The fourth-order valence-corrected chi connectivity index (χ4v) is 1.80. The van der Waals surface area contributed by atoms with Crippen LogP contribution >= 0.6 is 31.9 Å². The molecule has 0 aromatic heterocycles. The van der Waals surface area contributed by atoms with E-state index in [1.165, 1.54) is 19.3 Å². The van der Waals surface area contributed by atoms with Crippen LogP contribution in [0.5, 0.6) is 0 Å². The molecule has 0 spiro atoms. The van der Waals surface area contributed by atoms with Crippen molar-refractivity contribution < 1.29 is 9.53 Å². The van der Waals surface area contributed by atoms with Crippen molar-refractivity contribution in [3.8, 4) is 0 Å². The highest BCUT2D eigenvalue weighted by atomic mass is 79.9. The van der Waals surface area contributed by atoms with Crippen molar-refractivity contribution in [2.45, 2.75) is 35.5 Å². The van der Waals surface area contributed by atoms with E-state index in [9.17, 15) is 4.79 Å². The van der Waals surface area contributed by atoms with Crippen LogP contribution in [0.2, 0.25) is 0 Å². The lowest BCUT2D eigenvalue weighted by Gasteiger charge is -2.23. The second-order valence-corrected chi connectivity index (χ2v) is 6.46. The minimum atomic E-state index is -0.380. The zero-order valence-electron chi connectivity index (χ0n) is 7.97. The van der Waals surface area contributed by atoms with E-state index >= 15 is 0 Å². The molecule has 1 aliphatic rings. The summed E-state index contributed by atoms with van der Waals surface area (Å²) in [4.78, 5) is 11.0. The third-order valence-electron chi connectivity index (χ3n) is 2.30. The number of piperidine rings is 1. The molecule has 0 aromatic carbocycles. The summed E-state index contributed by atoms with van der Waals surface area (Å²) in [7, 11) is 0. The second-order valence-electron chi connectivity index (χ2n) is 3.40. The van der Waals surface area contributed by atoms with Crippen molar-refractivity contribution in [3.05, 3.63) is 0 Å². The van der Waals surface area contributed by atoms with Crippen molar-refractivity contribution >= 4 is 37.8 Å². The van der Waals surface area contributed by atoms with Gasteiger partial charge >= 0.3 is 5.97 Å². The smallest absolute Gasteiger partial charge is 0.330 e. The molecule has 0 radical (unpaired) electrons. The summed E-state index contributed by atoms with van der Waals surface area (Å²) in [6, 6.07) is 0.528. The quantitative estimate of drug-likeness (QED) is 0.635. The molecule has 1 saturated heterocycles. The molecule has 14 heavy (non-hydrogen) atoms. The van der Waals surface area contributed by atoms with Crippen LogP contribution in [0.15, 0.2) is 0 Å². The Morgan fingerprint density at radius 2 is 2.29 bits per heavy atom. The second kappa shape index (κ2) is 6.80. The number of nitrogens with one attached hydrogen (secondary N) is 1. The van der Waals surface area contributed by atoms with Gasteiger partial charge in [-0.25, -0.2) is 4.79 Å². The number of ether oxygens (including phenoxy) is 1. The standard InChI is InChI=1S/C9H15Br2NO2/c10-8(11)9(13)14-6-4-7-3-1-2-5-12-7/h7-8,12H,1-6H2. The first kappa shape index (κ1) is 12.5. The first-order valence-corrected chi connectivity index (χ1v) is 6.71. The predicted molar refractivity (Wildman–Crippen MR) is 62.9 cm³/mol. The number of hydrogen-bond donors (Lipinski definition) is 1. The monoisotopic (exact) mass is 327 g/mol. The Kier molecular flexibility index (Phi) is 6.05. The lowest BCUT2D eigenvalue weighted by atomic mass is 10.0. The Bertz CT molecular complexity index is 182. The van der Waals surface area contributed by atoms with Gasteiger partial charge in [-0.15, -0.1) is 0 Å². The van der Waals surface area contributed by atoms with Crippen molar-refractivity contribution in [1.29, 1.82) is 0 Å². The predicted octanol–water partition coefficient (Wildman–Crippen LogP) is 2.18. The number of carbonyl (C=O) groups excluding carboxylic acids is 1. The summed E-state index contributed by atoms with van der Waals surface area (Å²) in [5, 5.41) is 3.41. The van der Waals surface area contributed by atoms with Crippen LogP contribution in [0.1, 0.15) is 25.7 Å². The zero-order valence-corrected chi connectivity index (χ0v) is 11.1. The zero-order chi connectivity index (χ0) is 10.4. The lowest BCUT2D eigenvalue weighted by molar-refractivity contribution is -0.141. The van der Waals surface area contributed by atoms with Gasteiger partial charge in [0.25, 0.3) is 0 Å². The number of hydrogen-bond acceptors (Lipinski definition) is 3. The number of alkyl halides is 2. The highest BCUT2D eigenvalue weighted by Gasteiger charge is 2.15. The van der Waals surface area contributed by atoms with Gasteiger partial charge in [-0.05, 0) is 25.8 Å². The normalized spacial score (nSPS) is 22.4. The van der Waals surface area contributed by atoms with Gasteiger partial charge in [-0.2, -0.15) is 0 Å². The summed E-state index contributed by atoms with van der Waals surface area (Å²) >= 11 is 6.18. The van der Waals surface area contributed by atoms with E-state index in [0.29, 0.717) is 12.6 Å². The Labute approximate surface area is 101 Å². The third kappa shape index (κ3) is 4.75. The molecule has 1 N–H and O–H groups in total. The lowest BCUT2D eigenvalue weighted by Crippen LogP contribution is -2.35. The van der Waals surface area contributed by atoms with E-state index in [4.69, 9.17) is 4.74 Å². The van der Waals surface area contributed by atoms with Gasteiger partial charge in [-0.1, -0.05) is 38.3 Å². The van der Waals surface area contributed by atoms with E-state index in [1.54, 1.807) is 0 Å². The van der Waals surface area contributed by atoms with Gasteiger partial charge in [0.05, 0.1) is 6.61 Å². The SMILES string of the molecule is O=C(OCCC1CCCCN1)C(Br)Br. The molecular weight excluding hydrogens is 314 g/mol. The molecular formula is C9H15Br2NO2. The molecule has 1 atom stereocenters. The van der Waals surface area contributed by atoms with Gasteiger partial charge in [0.1, 0.15) is 0 Å². The molecule has 1 rings (SSSR count). The van der Waals surface area contributed by atoms with Gasteiger partial charge in [-0.3, -0.25) is 0 Å². The van der Waals surface area contributed by atoms with Gasteiger partial charge in [0.15, 0.2) is 3.74 Å². The van der Waals surface area contributed by atoms with Crippen LogP contribution in [0, 0.1) is 0 Å². The highest BCUT2D eigenvalue weighted by molar-refractivity contribution is 9.25. The highest BCUT2D eigenvalue weighted by Crippen LogP contribution is 2.12. The summed E-state index contributed by atoms with van der Waals surface area (Å²) in [5.41, 5.74) is 0. The molecule has 82 valence electrons. The molecule has 1 heterocycles. The molecule has 0 aromatic rings. The van der Waals surface area contributed by atoms with Gasteiger partial charge in [0.2, 0.25) is 0 Å². The van der Waals surface area contributed by atoms with Crippen LogP contribution in [0.4, 0.5) is 0 Å². The van der Waals surface area contributed by atoms with Crippen LogP contribution in [0.3, 0.4) is 0 Å².